The van der Waals surface area contributed by atoms with E-state index in [1.807, 2.05) is 0 Å². The zero-order chi connectivity index (χ0) is 58.0. The number of carbonyl (C=O) groups is 1. The SMILES string of the molecule is CCCCCCCCCCCCCCCCCCC/C=C/CC/C=C/CC/C=C/CCCC(O)C(O)C(CO)NC(=O)C(O)CCCCCCCCCCCCCCCCCCCCCCCCCCCCCCCCCCCC. The molecule has 0 aliphatic rings. The van der Waals surface area contributed by atoms with Gasteiger partial charge in [-0.15, -0.1) is 0 Å². The molecule has 6 nitrogen and oxygen atoms in total. The second kappa shape index (κ2) is 68.3. The molecule has 0 aromatic heterocycles. The molecule has 0 rings (SSSR count). The number of carbonyl (C=O) groups excluding carboxylic acids is 1. The highest BCUT2D eigenvalue weighted by Gasteiger charge is 2.28. The van der Waals surface area contributed by atoms with Gasteiger partial charge in [0.15, 0.2) is 0 Å². The molecule has 0 heterocycles. The highest BCUT2D eigenvalue weighted by atomic mass is 16.3. The van der Waals surface area contributed by atoms with Crippen LogP contribution in [0.2, 0.25) is 0 Å². The van der Waals surface area contributed by atoms with Crippen molar-refractivity contribution < 1.29 is 25.2 Å². The predicted octanol–water partition coefficient (Wildman–Crippen LogP) is 22.7. The van der Waals surface area contributed by atoms with Crippen molar-refractivity contribution in [2.75, 3.05) is 6.61 Å². The Morgan fingerprint density at radius 2 is 0.525 bits per heavy atom. The maximum atomic E-state index is 12.7. The van der Waals surface area contributed by atoms with Gasteiger partial charge in [-0.25, -0.2) is 0 Å². The van der Waals surface area contributed by atoms with Crippen LogP contribution in [0.15, 0.2) is 36.5 Å². The number of aliphatic hydroxyl groups excluding tert-OH is 4. The van der Waals surface area contributed by atoms with Crippen LogP contribution in [-0.4, -0.2) is 57.3 Å². The van der Waals surface area contributed by atoms with Gasteiger partial charge in [-0.05, 0) is 64.2 Å². The fraction of sp³-hybridized carbons (Fsp3) is 0.905. The molecule has 1 amide bonds. The van der Waals surface area contributed by atoms with Gasteiger partial charge in [0, 0.05) is 0 Å². The number of nitrogens with one attached hydrogen (secondary N) is 1. The topological polar surface area (TPSA) is 110 Å². The molecule has 0 aromatic carbocycles. The standard InChI is InChI=1S/C74H143NO5/c1-3-5-7-9-11-13-15-17-19-21-23-25-27-29-31-33-35-36-37-38-40-42-44-46-48-50-52-54-56-58-60-62-64-66-68-72(78)74(80)75-70(69-76)73(79)71(77)67-65-63-61-59-57-55-53-51-49-47-45-43-41-39-34-32-30-28-26-24-22-20-18-16-14-12-10-8-6-4-2/h43,45,51,53,59,61,70-73,76-79H,3-42,44,46-50,52,54-58,60,62-69H2,1-2H3,(H,75,80)/b45-43+,53-51+,61-59+. The van der Waals surface area contributed by atoms with Gasteiger partial charge < -0.3 is 25.7 Å². The normalized spacial score (nSPS) is 13.6. The van der Waals surface area contributed by atoms with Gasteiger partial charge in [0.05, 0.1) is 18.8 Å². The van der Waals surface area contributed by atoms with Crippen LogP contribution in [0, 0.1) is 0 Å². The molecule has 5 N–H and O–H groups in total. The van der Waals surface area contributed by atoms with E-state index in [4.69, 9.17) is 0 Å². The first kappa shape index (κ1) is 78.5. The third-order valence-electron chi connectivity index (χ3n) is 17.3. The molecule has 0 aliphatic heterocycles. The zero-order valence-electron chi connectivity index (χ0n) is 54.1. The summed E-state index contributed by atoms with van der Waals surface area (Å²) in [6, 6.07) is -1.01. The van der Waals surface area contributed by atoms with Gasteiger partial charge in [-0.3, -0.25) is 4.79 Å². The second-order valence-corrected chi connectivity index (χ2v) is 25.3. The average molecular weight is 1130 g/mol. The van der Waals surface area contributed by atoms with E-state index < -0.39 is 36.9 Å². The average Bonchev–Trinajstić information content (AvgIpc) is 3.46. The van der Waals surface area contributed by atoms with Crippen LogP contribution in [0.4, 0.5) is 0 Å². The number of allylic oxidation sites excluding steroid dienone is 6. The summed E-state index contributed by atoms with van der Waals surface area (Å²) in [5.74, 6) is -0.592. The van der Waals surface area contributed by atoms with Crippen molar-refractivity contribution in [3.8, 4) is 0 Å². The Hall–Kier alpha value is -1.47. The Labute approximate surface area is 500 Å². The van der Waals surface area contributed by atoms with E-state index in [-0.39, 0.29) is 0 Å². The van der Waals surface area contributed by atoms with Gasteiger partial charge in [-0.2, -0.15) is 0 Å². The van der Waals surface area contributed by atoms with E-state index in [0.717, 1.165) is 51.4 Å². The lowest BCUT2D eigenvalue weighted by Crippen LogP contribution is -2.53. The molecule has 0 fully saturated rings. The number of amides is 1. The Kier molecular flexibility index (Phi) is 67.1. The Morgan fingerprint density at radius 3 is 0.787 bits per heavy atom. The van der Waals surface area contributed by atoms with E-state index in [1.54, 1.807) is 0 Å². The van der Waals surface area contributed by atoms with Crippen molar-refractivity contribution >= 4 is 5.91 Å². The van der Waals surface area contributed by atoms with Crippen LogP contribution < -0.4 is 5.32 Å². The minimum Gasteiger partial charge on any atom is -0.394 e. The minimum atomic E-state index is -1.29. The van der Waals surface area contributed by atoms with Crippen molar-refractivity contribution in [1.29, 1.82) is 0 Å². The highest BCUT2D eigenvalue weighted by molar-refractivity contribution is 5.80. The smallest absolute Gasteiger partial charge is 0.249 e. The van der Waals surface area contributed by atoms with E-state index in [0.29, 0.717) is 19.3 Å². The summed E-state index contributed by atoms with van der Waals surface area (Å²) in [7, 11) is 0. The van der Waals surface area contributed by atoms with Gasteiger partial charge in [0.25, 0.3) is 0 Å². The lowest BCUT2D eigenvalue weighted by molar-refractivity contribution is -0.132. The van der Waals surface area contributed by atoms with Crippen LogP contribution in [-0.2, 0) is 4.79 Å². The summed E-state index contributed by atoms with van der Waals surface area (Å²) < 4.78 is 0. The third-order valence-corrected chi connectivity index (χ3v) is 17.3. The summed E-state index contributed by atoms with van der Waals surface area (Å²) in [4.78, 5) is 12.7. The number of unbranched alkanes of at least 4 members (excludes halogenated alkanes) is 53. The van der Waals surface area contributed by atoms with E-state index in [9.17, 15) is 25.2 Å². The summed E-state index contributed by atoms with van der Waals surface area (Å²) in [6.45, 7) is 4.10. The fourth-order valence-electron chi connectivity index (χ4n) is 11.7. The molecule has 0 saturated heterocycles. The lowest BCUT2D eigenvalue weighted by Gasteiger charge is -2.27. The number of rotatable bonds is 68. The first-order chi connectivity index (χ1) is 39.5. The highest BCUT2D eigenvalue weighted by Crippen LogP contribution is 2.20. The van der Waals surface area contributed by atoms with Gasteiger partial charge in [0.1, 0.15) is 12.2 Å². The van der Waals surface area contributed by atoms with E-state index in [1.165, 1.54) is 315 Å². The summed E-state index contributed by atoms with van der Waals surface area (Å²) in [5.41, 5.74) is 0. The van der Waals surface area contributed by atoms with Crippen LogP contribution >= 0.6 is 0 Å². The van der Waals surface area contributed by atoms with Crippen LogP contribution in [0.3, 0.4) is 0 Å². The first-order valence-corrected chi connectivity index (χ1v) is 36.4. The maximum Gasteiger partial charge on any atom is 0.249 e. The molecular formula is C74H143NO5. The largest absolute Gasteiger partial charge is 0.394 e. The summed E-state index contributed by atoms with van der Waals surface area (Å²) in [6.07, 6.45) is 88.6. The summed E-state index contributed by atoms with van der Waals surface area (Å²) >= 11 is 0. The van der Waals surface area contributed by atoms with Gasteiger partial charge in [-0.1, -0.05) is 371 Å². The number of hydrogen-bond acceptors (Lipinski definition) is 5. The van der Waals surface area contributed by atoms with Crippen molar-refractivity contribution in [2.24, 2.45) is 0 Å². The monoisotopic (exact) mass is 1130 g/mol. The van der Waals surface area contributed by atoms with Gasteiger partial charge in [0.2, 0.25) is 5.91 Å². The molecule has 0 saturated carbocycles. The van der Waals surface area contributed by atoms with E-state index in [2.05, 4.69) is 55.6 Å². The Morgan fingerprint density at radius 1 is 0.300 bits per heavy atom. The summed E-state index contributed by atoms with van der Waals surface area (Å²) in [5, 5.41) is 44.2. The Balaban J connectivity index is 3.58. The van der Waals surface area contributed by atoms with Crippen LogP contribution in [0.25, 0.3) is 0 Å². The molecule has 0 spiro atoms. The minimum absolute atomic E-state index is 0.362. The maximum absolute atomic E-state index is 12.7. The van der Waals surface area contributed by atoms with Crippen LogP contribution in [0.5, 0.6) is 0 Å². The molecule has 474 valence electrons. The molecule has 0 radical (unpaired) electrons. The molecule has 0 aromatic rings. The molecule has 6 heteroatoms. The third kappa shape index (κ3) is 61.1. The quantitative estimate of drug-likeness (QED) is 0.0308. The van der Waals surface area contributed by atoms with Crippen LogP contribution in [0.1, 0.15) is 399 Å². The van der Waals surface area contributed by atoms with Crippen molar-refractivity contribution in [3.63, 3.8) is 0 Å². The molecule has 0 aliphatic carbocycles. The van der Waals surface area contributed by atoms with Crippen molar-refractivity contribution in [1.82, 2.24) is 5.32 Å². The lowest BCUT2D eigenvalue weighted by atomic mass is 10.00. The molecule has 4 unspecified atom stereocenters. The molecule has 4 atom stereocenters. The molecular weight excluding hydrogens is 983 g/mol. The fourth-order valence-corrected chi connectivity index (χ4v) is 11.7. The van der Waals surface area contributed by atoms with Crippen molar-refractivity contribution in [2.45, 2.75) is 423 Å². The number of hydrogen-bond donors (Lipinski definition) is 5. The second-order valence-electron chi connectivity index (χ2n) is 25.3. The Bertz CT molecular complexity index is 1270. The first-order valence-electron chi connectivity index (χ1n) is 36.4. The van der Waals surface area contributed by atoms with Crippen molar-refractivity contribution in [3.05, 3.63) is 36.5 Å². The van der Waals surface area contributed by atoms with Gasteiger partial charge >= 0.3 is 0 Å². The molecule has 80 heavy (non-hydrogen) atoms. The van der Waals surface area contributed by atoms with E-state index >= 15 is 0 Å². The zero-order valence-corrected chi connectivity index (χ0v) is 54.1. The number of aliphatic hydroxyl groups is 4. The predicted molar refractivity (Wildman–Crippen MR) is 353 cm³/mol. The molecule has 0 bridgehead atoms.